The number of alkyl halides is 3. The standard InChI is InChI=1S/C40H42F4N8O3/c1-2-51-38-35(34(27-12-14-30(41)15-13-27)36(39(51)54)46-37(53)28-8-6-9-29(22-28)40(42,43)44)33(47-52(38)31-10-4-3-5-11-31)23-49(26-45)17-7-16-48-18-20-50(21-19-48)32-24-55-25-32/h3-6,8-15,22,32,34,36H,2,7,16-21,23-25H2,1H3,(H,46,53)/t34-,36-/m0/s1. The Morgan fingerprint density at radius 3 is 2.38 bits per heavy atom. The first-order chi connectivity index (χ1) is 26.5. The Bertz CT molecular complexity index is 2020. The van der Waals surface area contributed by atoms with E-state index >= 15 is 0 Å². The number of hydrogen-bond donors (Lipinski definition) is 1. The van der Waals surface area contributed by atoms with Crippen LogP contribution < -0.4 is 10.2 Å². The molecule has 1 aromatic heterocycles. The van der Waals surface area contributed by atoms with Gasteiger partial charge in [-0.15, -0.1) is 0 Å². The van der Waals surface area contributed by atoms with Crippen molar-refractivity contribution in [2.75, 3.05) is 63.9 Å². The zero-order chi connectivity index (χ0) is 38.7. The maximum absolute atomic E-state index is 14.5. The highest BCUT2D eigenvalue weighted by Gasteiger charge is 2.46. The highest BCUT2D eigenvalue weighted by Crippen LogP contribution is 2.44. The lowest BCUT2D eigenvalue weighted by Crippen LogP contribution is -2.56. The first-order valence-electron chi connectivity index (χ1n) is 18.5. The van der Waals surface area contributed by atoms with Gasteiger partial charge in [0.1, 0.15) is 17.7 Å². The Labute approximate surface area is 316 Å². The molecule has 2 amide bonds. The molecular weight excluding hydrogens is 716 g/mol. The minimum atomic E-state index is -4.69. The summed E-state index contributed by atoms with van der Waals surface area (Å²) in [5, 5.41) is 18.1. The highest BCUT2D eigenvalue weighted by molar-refractivity contribution is 6.05. The number of amides is 2. The van der Waals surface area contributed by atoms with E-state index in [1.54, 1.807) is 16.5 Å². The van der Waals surface area contributed by atoms with Gasteiger partial charge in [0.2, 0.25) is 0 Å². The first kappa shape index (κ1) is 38.0. The van der Waals surface area contributed by atoms with E-state index in [2.05, 4.69) is 21.3 Å². The molecule has 3 aliphatic heterocycles. The summed E-state index contributed by atoms with van der Waals surface area (Å²) in [7, 11) is 0. The van der Waals surface area contributed by atoms with Gasteiger partial charge in [0.25, 0.3) is 11.8 Å². The molecule has 4 heterocycles. The van der Waals surface area contributed by atoms with E-state index < -0.39 is 41.3 Å². The molecule has 0 spiro atoms. The molecule has 55 heavy (non-hydrogen) atoms. The van der Waals surface area contributed by atoms with Crippen LogP contribution in [0.2, 0.25) is 0 Å². The zero-order valence-corrected chi connectivity index (χ0v) is 30.4. The van der Waals surface area contributed by atoms with Crippen molar-refractivity contribution in [3.8, 4) is 11.9 Å². The van der Waals surface area contributed by atoms with Gasteiger partial charge in [0.15, 0.2) is 6.19 Å². The molecule has 0 saturated carbocycles. The van der Waals surface area contributed by atoms with Gasteiger partial charge in [0.05, 0.1) is 42.7 Å². The number of anilines is 1. The number of nitrogens with one attached hydrogen (secondary N) is 1. The summed E-state index contributed by atoms with van der Waals surface area (Å²) in [5.74, 6) is -2.42. The van der Waals surface area contributed by atoms with E-state index in [9.17, 15) is 32.4 Å². The summed E-state index contributed by atoms with van der Waals surface area (Å²) in [6, 6.07) is 17.9. The number of benzene rings is 3. The van der Waals surface area contributed by atoms with E-state index in [-0.39, 0.29) is 18.7 Å². The van der Waals surface area contributed by atoms with E-state index in [1.165, 1.54) is 35.2 Å². The molecule has 0 radical (unpaired) electrons. The molecule has 2 saturated heterocycles. The number of aromatic nitrogens is 2. The van der Waals surface area contributed by atoms with Gasteiger partial charge in [-0.05, 0) is 67.9 Å². The average Bonchev–Trinajstić information content (AvgIpc) is 3.53. The molecule has 2 fully saturated rings. The molecule has 0 aliphatic carbocycles. The third kappa shape index (κ3) is 8.07. The number of carbonyl (C=O) groups is 2. The summed E-state index contributed by atoms with van der Waals surface area (Å²) in [5.41, 5.74) is 0.862. The fourth-order valence-corrected chi connectivity index (χ4v) is 7.65. The smallest absolute Gasteiger partial charge is 0.378 e. The van der Waals surface area contributed by atoms with Gasteiger partial charge in [-0.1, -0.05) is 36.4 Å². The predicted molar refractivity (Wildman–Crippen MR) is 196 cm³/mol. The van der Waals surface area contributed by atoms with Crippen molar-refractivity contribution in [3.05, 3.63) is 113 Å². The van der Waals surface area contributed by atoms with Crippen LogP contribution in [0.4, 0.5) is 23.4 Å². The summed E-state index contributed by atoms with van der Waals surface area (Å²) in [6.07, 6.45) is -1.65. The van der Waals surface area contributed by atoms with E-state index in [0.29, 0.717) is 40.9 Å². The molecule has 3 aromatic carbocycles. The topological polar surface area (TPSA) is 110 Å². The van der Waals surface area contributed by atoms with Crippen LogP contribution in [0, 0.1) is 17.3 Å². The number of nitriles is 1. The highest BCUT2D eigenvalue weighted by atomic mass is 19.4. The first-order valence-corrected chi connectivity index (χ1v) is 18.5. The number of ether oxygens (including phenoxy) is 1. The third-order valence-electron chi connectivity index (χ3n) is 10.6. The fourth-order valence-electron chi connectivity index (χ4n) is 7.65. The fraction of sp³-hybridized carbons (Fsp3) is 0.400. The van der Waals surface area contributed by atoms with E-state index in [1.807, 2.05) is 30.3 Å². The van der Waals surface area contributed by atoms with Gasteiger partial charge < -0.3 is 19.9 Å². The number of halogens is 4. The summed E-state index contributed by atoms with van der Waals surface area (Å²) in [4.78, 5) is 36.2. The lowest BCUT2D eigenvalue weighted by Gasteiger charge is -2.42. The Balaban J connectivity index is 1.23. The minimum Gasteiger partial charge on any atom is -0.378 e. The lowest BCUT2D eigenvalue weighted by molar-refractivity contribution is -0.137. The van der Waals surface area contributed by atoms with Gasteiger partial charge in [-0.3, -0.25) is 19.4 Å². The van der Waals surface area contributed by atoms with Crippen molar-refractivity contribution in [1.29, 1.82) is 5.26 Å². The Hall–Kier alpha value is -5.30. The average molecular weight is 759 g/mol. The maximum Gasteiger partial charge on any atom is 0.416 e. The second-order valence-corrected chi connectivity index (χ2v) is 14.0. The molecule has 1 N–H and O–H groups in total. The zero-order valence-electron chi connectivity index (χ0n) is 30.4. The Morgan fingerprint density at radius 1 is 1.02 bits per heavy atom. The van der Waals surface area contributed by atoms with Gasteiger partial charge >= 0.3 is 6.18 Å². The second kappa shape index (κ2) is 16.2. The number of likely N-dealkylation sites (N-methyl/N-ethyl adjacent to an activating group) is 1. The Kier molecular flexibility index (Phi) is 11.2. The third-order valence-corrected chi connectivity index (χ3v) is 10.6. The van der Waals surface area contributed by atoms with Crippen LogP contribution >= 0.6 is 0 Å². The molecule has 11 nitrogen and oxygen atoms in total. The van der Waals surface area contributed by atoms with Crippen LogP contribution in [0.5, 0.6) is 0 Å². The monoisotopic (exact) mass is 758 g/mol. The summed E-state index contributed by atoms with van der Waals surface area (Å²) < 4.78 is 62.2. The largest absolute Gasteiger partial charge is 0.416 e. The number of para-hydroxylation sites is 1. The van der Waals surface area contributed by atoms with Crippen LogP contribution in [-0.4, -0.2) is 107 Å². The van der Waals surface area contributed by atoms with Crippen LogP contribution in [0.25, 0.3) is 5.69 Å². The van der Waals surface area contributed by atoms with Crippen molar-refractivity contribution < 1.29 is 31.9 Å². The van der Waals surface area contributed by atoms with Gasteiger partial charge in [0, 0.05) is 56.3 Å². The number of fused-ring (bicyclic) bond motifs is 1. The van der Waals surface area contributed by atoms with Crippen LogP contribution in [0.3, 0.4) is 0 Å². The number of rotatable bonds is 12. The lowest BCUT2D eigenvalue weighted by atomic mass is 9.80. The molecule has 288 valence electrons. The van der Waals surface area contributed by atoms with Gasteiger partial charge in [-0.25, -0.2) is 9.07 Å². The molecule has 3 aliphatic rings. The summed E-state index contributed by atoms with van der Waals surface area (Å²) >= 11 is 0. The van der Waals surface area contributed by atoms with Crippen molar-refractivity contribution in [1.82, 2.24) is 29.8 Å². The summed E-state index contributed by atoms with van der Waals surface area (Å²) in [6.45, 7) is 8.66. The van der Waals surface area contributed by atoms with Crippen molar-refractivity contribution in [2.24, 2.45) is 0 Å². The quantitative estimate of drug-likeness (QED) is 0.122. The number of nitrogens with zero attached hydrogens (tertiary/aromatic N) is 7. The van der Waals surface area contributed by atoms with Crippen LogP contribution in [0.1, 0.15) is 52.0 Å². The van der Waals surface area contributed by atoms with Crippen molar-refractivity contribution >= 4 is 17.6 Å². The normalized spacial score (nSPS) is 19.4. The molecule has 4 aromatic rings. The maximum atomic E-state index is 14.5. The number of piperazine rings is 1. The SMILES string of the molecule is CCN1C(=O)[C@@H](NC(=O)c2cccc(C(F)(F)F)c2)[C@@H](c2ccc(F)cc2)c2c(CN(C#N)CCCN3CCN(C4COC4)CC3)nn(-c3ccccc3)c21. The van der Waals surface area contributed by atoms with Crippen LogP contribution in [-0.2, 0) is 22.3 Å². The van der Waals surface area contributed by atoms with Crippen molar-refractivity contribution in [3.63, 3.8) is 0 Å². The number of hydrogen-bond acceptors (Lipinski definition) is 8. The molecule has 7 rings (SSSR count). The number of carbonyl (C=O) groups excluding carboxylic acids is 2. The van der Waals surface area contributed by atoms with E-state index in [0.717, 1.165) is 70.6 Å². The minimum absolute atomic E-state index is 0.0753. The molecule has 0 bridgehead atoms. The second-order valence-electron chi connectivity index (χ2n) is 14.0. The molecule has 0 unspecified atom stereocenters. The van der Waals surface area contributed by atoms with Gasteiger partial charge in [-0.2, -0.15) is 23.5 Å². The van der Waals surface area contributed by atoms with Crippen molar-refractivity contribution in [2.45, 2.75) is 44.1 Å². The Morgan fingerprint density at radius 2 is 1.75 bits per heavy atom. The molecule has 2 atom stereocenters. The predicted octanol–water partition coefficient (Wildman–Crippen LogP) is 5.02. The molecule has 15 heteroatoms. The molecular formula is C40H42F4N8O3. The van der Waals surface area contributed by atoms with E-state index in [4.69, 9.17) is 9.84 Å². The van der Waals surface area contributed by atoms with Crippen LogP contribution in [0.15, 0.2) is 78.9 Å².